The molecule has 4 aromatic rings. The standard InChI is InChI=1S/C18H10N6/c1-20-13-4-2-3-12(9-13)15-11-24(23-16(15)10-19)17-6-8-22-18-14(17)5-7-21-18/h2-9,11H,(H,21,22). The maximum Gasteiger partial charge on any atom is 0.187 e. The molecule has 3 heterocycles. The SMILES string of the molecule is [C-]#[N+]c1cccc(-c2cn(-c3ccnc4[nH]ccc34)nc2C#N)c1. The molecule has 0 amide bonds. The molecule has 0 bridgehead atoms. The number of rotatable bonds is 2. The fraction of sp³-hybridized carbons (Fsp3) is 0. The van der Waals surface area contributed by atoms with Crippen LogP contribution in [0.1, 0.15) is 5.69 Å². The molecule has 0 spiro atoms. The highest BCUT2D eigenvalue weighted by Crippen LogP contribution is 2.28. The number of hydrogen-bond acceptors (Lipinski definition) is 3. The predicted octanol–water partition coefficient (Wildman–Crippen LogP) is 3.84. The zero-order valence-electron chi connectivity index (χ0n) is 12.4. The van der Waals surface area contributed by atoms with Crippen molar-refractivity contribution in [2.75, 3.05) is 0 Å². The maximum absolute atomic E-state index is 9.43. The molecule has 1 aromatic carbocycles. The van der Waals surface area contributed by atoms with Gasteiger partial charge in [0.1, 0.15) is 11.7 Å². The van der Waals surface area contributed by atoms with Crippen LogP contribution in [0.4, 0.5) is 5.69 Å². The van der Waals surface area contributed by atoms with E-state index in [4.69, 9.17) is 6.57 Å². The summed E-state index contributed by atoms with van der Waals surface area (Å²) >= 11 is 0. The van der Waals surface area contributed by atoms with Crippen molar-refractivity contribution in [1.29, 1.82) is 5.26 Å². The summed E-state index contributed by atoms with van der Waals surface area (Å²) in [4.78, 5) is 10.8. The number of benzene rings is 1. The number of nitrogens with zero attached hydrogens (tertiary/aromatic N) is 5. The number of aromatic amines is 1. The van der Waals surface area contributed by atoms with Crippen molar-refractivity contribution in [1.82, 2.24) is 19.7 Å². The van der Waals surface area contributed by atoms with Gasteiger partial charge in [0.25, 0.3) is 0 Å². The van der Waals surface area contributed by atoms with Gasteiger partial charge in [-0.05, 0) is 23.8 Å². The summed E-state index contributed by atoms with van der Waals surface area (Å²) in [6.45, 7) is 7.14. The van der Waals surface area contributed by atoms with Gasteiger partial charge in [0, 0.05) is 29.5 Å². The molecule has 6 heteroatoms. The second-order valence-electron chi connectivity index (χ2n) is 5.18. The van der Waals surface area contributed by atoms with E-state index in [1.54, 1.807) is 29.1 Å². The Morgan fingerprint density at radius 1 is 1.25 bits per heavy atom. The number of H-pyrrole nitrogens is 1. The van der Waals surface area contributed by atoms with Gasteiger partial charge in [-0.25, -0.2) is 14.5 Å². The van der Waals surface area contributed by atoms with E-state index < -0.39 is 0 Å². The molecule has 1 N–H and O–H groups in total. The Morgan fingerprint density at radius 2 is 2.17 bits per heavy atom. The molecular formula is C18H10N6. The average Bonchev–Trinajstić information content (AvgIpc) is 3.28. The van der Waals surface area contributed by atoms with Crippen molar-refractivity contribution in [3.63, 3.8) is 0 Å². The summed E-state index contributed by atoms with van der Waals surface area (Å²) in [7, 11) is 0. The smallest absolute Gasteiger partial charge is 0.187 e. The lowest BCUT2D eigenvalue weighted by Gasteiger charge is -2.02. The van der Waals surface area contributed by atoms with Gasteiger partial charge < -0.3 is 4.98 Å². The van der Waals surface area contributed by atoms with E-state index in [2.05, 4.69) is 26.0 Å². The van der Waals surface area contributed by atoms with Gasteiger partial charge in [-0.3, -0.25) is 0 Å². The van der Waals surface area contributed by atoms with Gasteiger partial charge in [0.2, 0.25) is 0 Å². The van der Waals surface area contributed by atoms with E-state index in [0.29, 0.717) is 16.9 Å². The van der Waals surface area contributed by atoms with E-state index in [0.717, 1.165) is 22.3 Å². The van der Waals surface area contributed by atoms with Crippen molar-refractivity contribution < 1.29 is 0 Å². The molecule has 0 saturated heterocycles. The van der Waals surface area contributed by atoms with Crippen LogP contribution in [-0.4, -0.2) is 19.7 Å². The highest BCUT2D eigenvalue weighted by atomic mass is 15.3. The topological polar surface area (TPSA) is 74.7 Å². The number of nitrogens with one attached hydrogen (secondary N) is 1. The van der Waals surface area contributed by atoms with Gasteiger partial charge >= 0.3 is 0 Å². The Bertz CT molecular complexity index is 1140. The summed E-state index contributed by atoms with van der Waals surface area (Å²) in [5.74, 6) is 0. The second-order valence-corrected chi connectivity index (χ2v) is 5.18. The zero-order chi connectivity index (χ0) is 16.5. The minimum Gasteiger partial charge on any atom is -0.346 e. The lowest BCUT2D eigenvalue weighted by molar-refractivity contribution is 0.879. The molecule has 0 saturated carbocycles. The first kappa shape index (κ1) is 13.7. The average molecular weight is 310 g/mol. The van der Waals surface area contributed by atoms with Gasteiger partial charge in [0.05, 0.1) is 12.3 Å². The van der Waals surface area contributed by atoms with Crippen molar-refractivity contribution in [3.8, 4) is 22.9 Å². The Hall–Kier alpha value is -3.90. The van der Waals surface area contributed by atoms with Crippen molar-refractivity contribution >= 4 is 16.7 Å². The quantitative estimate of drug-likeness (QED) is 0.572. The number of hydrogen-bond donors (Lipinski definition) is 1. The molecule has 112 valence electrons. The second kappa shape index (κ2) is 5.38. The Kier molecular flexibility index (Phi) is 3.08. The largest absolute Gasteiger partial charge is 0.346 e. The molecule has 0 unspecified atom stereocenters. The fourth-order valence-corrected chi connectivity index (χ4v) is 2.68. The predicted molar refractivity (Wildman–Crippen MR) is 89.6 cm³/mol. The molecule has 0 atom stereocenters. The Labute approximate surface area is 137 Å². The Balaban J connectivity index is 1.91. The normalized spacial score (nSPS) is 10.4. The van der Waals surface area contributed by atoms with Crippen molar-refractivity contribution in [3.05, 3.63) is 72.1 Å². The number of aromatic nitrogens is 4. The van der Waals surface area contributed by atoms with E-state index >= 15 is 0 Å². The van der Waals surface area contributed by atoms with E-state index in [-0.39, 0.29) is 0 Å². The fourth-order valence-electron chi connectivity index (χ4n) is 2.68. The summed E-state index contributed by atoms with van der Waals surface area (Å²) in [5, 5.41) is 14.8. The molecule has 0 aliphatic heterocycles. The minimum atomic E-state index is 0.317. The van der Waals surface area contributed by atoms with Crippen LogP contribution >= 0.6 is 0 Å². The van der Waals surface area contributed by atoms with Crippen LogP contribution in [0.5, 0.6) is 0 Å². The maximum atomic E-state index is 9.43. The third-order valence-corrected chi connectivity index (χ3v) is 3.79. The zero-order valence-corrected chi connectivity index (χ0v) is 12.4. The molecule has 3 aromatic heterocycles. The minimum absolute atomic E-state index is 0.317. The number of fused-ring (bicyclic) bond motifs is 1. The third-order valence-electron chi connectivity index (χ3n) is 3.79. The number of nitriles is 1. The van der Waals surface area contributed by atoms with Gasteiger partial charge in [-0.15, -0.1) is 0 Å². The lowest BCUT2D eigenvalue weighted by atomic mass is 10.1. The van der Waals surface area contributed by atoms with Gasteiger partial charge in [0.15, 0.2) is 11.4 Å². The van der Waals surface area contributed by atoms with Crippen molar-refractivity contribution in [2.24, 2.45) is 0 Å². The first-order valence-corrected chi connectivity index (χ1v) is 7.20. The van der Waals surface area contributed by atoms with Crippen LogP contribution in [0.15, 0.2) is 55.0 Å². The summed E-state index contributed by atoms with van der Waals surface area (Å²) in [6, 6.07) is 13.1. The molecule has 6 nitrogen and oxygen atoms in total. The first-order valence-electron chi connectivity index (χ1n) is 7.20. The first-order chi connectivity index (χ1) is 11.8. The van der Waals surface area contributed by atoms with E-state index in [1.165, 1.54) is 0 Å². The molecular weight excluding hydrogens is 300 g/mol. The summed E-state index contributed by atoms with van der Waals surface area (Å²) < 4.78 is 1.68. The van der Waals surface area contributed by atoms with E-state index in [9.17, 15) is 5.26 Å². The highest BCUT2D eigenvalue weighted by Gasteiger charge is 2.14. The molecule has 0 radical (unpaired) electrons. The van der Waals surface area contributed by atoms with Gasteiger partial charge in [-0.2, -0.15) is 10.4 Å². The molecule has 4 rings (SSSR count). The molecule has 0 aliphatic carbocycles. The molecule has 0 aliphatic rings. The monoisotopic (exact) mass is 310 g/mol. The third kappa shape index (κ3) is 2.11. The van der Waals surface area contributed by atoms with Crippen LogP contribution < -0.4 is 0 Å². The van der Waals surface area contributed by atoms with Crippen molar-refractivity contribution in [2.45, 2.75) is 0 Å². The summed E-state index contributed by atoms with van der Waals surface area (Å²) in [5.41, 5.74) is 3.94. The Morgan fingerprint density at radius 3 is 3.00 bits per heavy atom. The highest BCUT2D eigenvalue weighted by molar-refractivity contribution is 5.85. The molecule has 0 fully saturated rings. The van der Waals surface area contributed by atoms with Gasteiger partial charge in [-0.1, -0.05) is 18.2 Å². The summed E-state index contributed by atoms with van der Waals surface area (Å²) in [6.07, 6.45) is 5.32. The van der Waals surface area contributed by atoms with E-state index in [1.807, 2.05) is 30.6 Å². The van der Waals surface area contributed by atoms with Crippen LogP contribution in [0.2, 0.25) is 0 Å². The van der Waals surface area contributed by atoms with Crippen LogP contribution in [0, 0.1) is 17.9 Å². The van der Waals surface area contributed by atoms with Crippen LogP contribution in [0.3, 0.4) is 0 Å². The van der Waals surface area contributed by atoms with Crippen LogP contribution in [-0.2, 0) is 0 Å². The molecule has 24 heavy (non-hydrogen) atoms. The lowest BCUT2D eigenvalue weighted by Crippen LogP contribution is -1.96. The number of pyridine rings is 1. The van der Waals surface area contributed by atoms with Crippen LogP contribution in [0.25, 0.3) is 32.7 Å².